The van der Waals surface area contributed by atoms with Crippen LogP contribution in [-0.4, -0.2) is 0 Å². The van der Waals surface area contributed by atoms with Gasteiger partial charge in [-0.3, -0.25) is 0 Å². The molecular formula is C60H40N2. The van der Waals surface area contributed by atoms with Crippen molar-refractivity contribution in [2.24, 2.45) is 0 Å². The first-order chi connectivity index (χ1) is 30.8. The van der Waals surface area contributed by atoms with Crippen LogP contribution in [0.2, 0.25) is 0 Å². The summed E-state index contributed by atoms with van der Waals surface area (Å²) < 4.78 is 0. The molecule has 2 aliphatic rings. The van der Waals surface area contributed by atoms with Gasteiger partial charge in [0.05, 0.1) is 22.7 Å². The Labute approximate surface area is 362 Å². The Kier molecular flexibility index (Phi) is 8.53. The molecule has 0 amide bonds. The van der Waals surface area contributed by atoms with E-state index in [0.29, 0.717) is 0 Å². The first-order valence-corrected chi connectivity index (χ1v) is 21.3. The van der Waals surface area contributed by atoms with E-state index in [4.69, 9.17) is 0 Å². The molecule has 0 spiro atoms. The Hall–Kier alpha value is -8.20. The number of nitrogens with zero attached hydrogens (tertiary/aromatic N) is 2. The number of hydrogen-bond acceptors (Lipinski definition) is 2. The molecule has 2 nitrogen and oxygen atoms in total. The standard InChI is InChI=1S/C60H40N2/c1-4-18-41(19-5-1)45-36-46(42-20-6-2-7-21-42)38-48(37-45)62-58-31-17-15-29-54(58)51-26-12-13-27-52(51)56-39-43(33-35-59(56)62)44-32-34-55-50-25-11-10-24-49(50)53-28-14-16-30-57(53)61(60(55)40-44)47-22-8-3-9-23-47/h1-40H. The van der Waals surface area contributed by atoms with E-state index in [1.807, 2.05) is 0 Å². The van der Waals surface area contributed by atoms with Crippen LogP contribution in [0.5, 0.6) is 0 Å². The van der Waals surface area contributed by atoms with Gasteiger partial charge in [0.25, 0.3) is 0 Å². The molecule has 0 bridgehead atoms. The molecule has 0 aromatic heterocycles. The van der Waals surface area contributed by atoms with Crippen molar-refractivity contribution < 1.29 is 0 Å². The monoisotopic (exact) mass is 788 g/mol. The summed E-state index contributed by atoms with van der Waals surface area (Å²) in [6.45, 7) is 0. The number of hydrogen-bond donors (Lipinski definition) is 0. The fourth-order valence-corrected chi connectivity index (χ4v) is 9.68. The fourth-order valence-electron chi connectivity index (χ4n) is 9.68. The molecule has 0 N–H and O–H groups in total. The summed E-state index contributed by atoms with van der Waals surface area (Å²) in [5.74, 6) is 0. The first-order valence-electron chi connectivity index (χ1n) is 21.3. The molecule has 0 saturated carbocycles. The van der Waals surface area contributed by atoms with Gasteiger partial charge < -0.3 is 9.80 Å². The molecule has 10 aromatic carbocycles. The number of para-hydroxylation sites is 3. The van der Waals surface area contributed by atoms with Gasteiger partial charge in [-0.05, 0) is 116 Å². The highest BCUT2D eigenvalue weighted by molar-refractivity contribution is 6.06. The third-order valence-electron chi connectivity index (χ3n) is 12.5. The summed E-state index contributed by atoms with van der Waals surface area (Å²) in [6.07, 6.45) is 0. The normalized spacial score (nSPS) is 12.1. The lowest BCUT2D eigenvalue weighted by atomic mass is 9.91. The van der Waals surface area contributed by atoms with E-state index in [2.05, 4.69) is 252 Å². The maximum Gasteiger partial charge on any atom is 0.0546 e. The minimum atomic E-state index is 1.11. The van der Waals surface area contributed by atoms with Gasteiger partial charge in [0.15, 0.2) is 0 Å². The van der Waals surface area contributed by atoms with Crippen LogP contribution in [0.4, 0.5) is 34.1 Å². The van der Waals surface area contributed by atoms with Crippen molar-refractivity contribution in [2.45, 2.75) is 0 Å². The molecule has 2 heteroatoms. The zero-order valence-electron chi connectivity index (χ0n) is 34.0. The quantitative estimate of drug-likeness (QED) is 0.171. The van der Waals surface area contributed by atoms with Crippen molar-refractivity contribution in [1.82, 2.24) is 0 Å². The van der Waals surface area contributed by atoms with Gasteiger partial charge >= 0.3 is 0 Å². The Bertz CT molecular complexity index is 3240. The second-order valence-corrected chi connectivity index (χ2v) is 16.1. The smallest absolute Gasteiger partial charge is 0.0546 e. The number of anilines is 6. The van der Waals surface area contributed by atoms with Gasteiger partial charge in [-0.1, -0.05) is 182 Å². The van der Waals surface area contributed by atoms with Crippen molar-refractivity contribution >= 4 is 34.1 Å². The lowest BCUT2D eigenvalue weighted by Gasteiger charge is -2.29. The predicted octanol–water partition coefficient (Wildman–Crippen LogP) is 16.9. The SMILES string of the molecule is c1ccc(-c2cc(-c3ccccc3)cc(N3c4ccccc4-c4ccccc4-c4cc(-c5ccc6c(c5)N(c5ccccc5)c5ccccc5-c5ccccc5-6)ccc43)c2)cc1. The molecule has 62 heavy (non-hydrogen) atoms. The summed E-state index contributed by atoms with van der Waals surface area (Å²) in [5, 5.41) is 0. The van der Waals surface area contributed by atoms with Crippen molar-refractivity contribution in [1.29, 1.82) is 0 Å². The minimum Gasteiger partial charge on any atom is -0.309 e. The van der Waals surface area contributed by atoms with Crippen LogP contribution in [0.1, 0.15) is 0 Å². The fraction of sp³-hybridized carbons (Fsp3) is 0. The second kappa shape index (κ2) is 14.8. The highest BCUT2D eigenvalue weighted by Gasteiger charge is 2.29. The number of fused-ring (bicyclic) bond motifs is 10. The van der Waals surface area contributed by atoms with Crippen LogP contribution >= 0.6 is 0 Å². The molecule has 290 valence electrons. The van der Waals surface area contributed by atoms with E-state index in [1.165, 1.54) is 72.4 Å². The summed E-state index contributed by atoms with van der Waals surface area (Å²) in [5.41, 5.74) is 23.6. The van der Waals surface area contributed by atoms with Gasteiger partial charge in [0.1, 0.15) is 0 Å². The Morgan fingerprint density at radius 1 is 0.177 bits per heavy atom. The lowest BCUT2D eigenvalue weighted by molar-refractivity contribution is 1.29. The lowest BCUT2D eigenvalue weighted by Crippen LogP contribution is -2.11. The van der Waals surface area contributed by atoms with Crippen LogP contribution in [-0.2, 0) is 0 Å². The molecule has 10 aromatic rings. The molecular weight excluding hydrogens is 749 g/mol. The average Bonchev–Trinajstić information content (AvgIpc) is 3.56. The van der Waals surface area contributed by atoms with Crippen LogP contribution in [0.15, 0.2) is 243 Å². The van der Waals surface area contributed by atoms with Crippen molar-refractivity contribution in [2.75, 3.05) is 9.80 Å². The molecule has 2 aliphatic heterocycles. The number of rotatable bonds is 5. The molecule has 0 unspecified atom stereocenters. The third-order valence-corrected chi connectivity index (χ3v) is 12.5. The maximum absolute atomic E-state index is 2.48. The van der Waals surface area contributed by atoms with Gasteiger partial charge in [-0.2, -0.15) is 0 Å². The van der Waals surface area contributed by atoms with E-state index in [9.17, 15) is 0 Å². The summed E-state index contributed by atoms with van der Waals surface area (Å²) in [6, 6.07) is 88.8. The average molecular weight is 789 g/mol. The van der Waals surface area contributed by atoms with Crippen LogP contribution in [0.25, 0.3) is 77.9 Å². The van der Waals surface area contributed by atoms with Crippen LogP contribution < -0.4 is 9.80 Å². The highest BCUT2D eigenvalue weighted by atomic mass is 15.2. The molecule has 0 fully saturated rings. The van der Waals surface area contributed by atoms with E-state index < -0.39 is 0 Å². The van der Waals surface area contributed by atoms with Crippen molar-refractivity contribution in [3.63, 3.8) is 0 Å². The zero-order valence-corrected chi connectivity index (χ0v) is 34.0. The Morgan fingerprint density at radius 3 is 1.11 bits per heavy atom. The molecule has 2 heterocycles. The van der Waals surface area contributed by atoms with Crippen LogP contribution in [0, 0.1) is 0 Å². The molecule has 0 radical (unpaired) electrons. The topological polar surface area (TPSA) is 6.48 Å². The number of benzene rings is 10. The maximum atomic E-state index is 2.48. The molecule has 12 rings (SSSR count). The van der Waals surface area contributed by atoms with Gasteiger partial charge in [-0.15, -0.1) is 0 Å². The Morgan fingerprint density at radius 2 is 0.565 bits per heavy atom. The predicted molar refractivity (Wildman–Crippen MR) is 261 cm³/mol. The van der Waals surface area contributed by atoms with Gasteiger partial charge in [-0.25, -0.2) is 0 Å². The van der Waals surface area contributed by atoms with Crippen LogP contribution in [0.3, 0.4) is 0 Å². The van der Waals surface area contributed by atoms with Crippen molar-refractivity contribution in [3.8, 4) is 77.9 Å². The second-order valence-electron chi connectivity index (χ2n) is 16.1. The van der Waals surface area contributed by atoms with E-state index in [1.54, 1.807) is 0 Å². The largest absolute Gasteiger partial charge is 0.309 e. The van der Waals surface area contributed by atoms with Gasteiger partial charge in [0.2, 0.25) is 0 Å². The van der Waals surface area contributed by atoms with E-state index in [-0.39, 0.29) is 0 Å². The summed E-state index contributed by atoms with van der Waals surface area (Å²) >= 11 is 0. The minimum absolute atomic E-state index is 1.11. The van der Waals surface area contributed by atoms with E-state index in [0.717, 1.165) is 39.6 Å². The van der Waals surface area contributed by atoms with Crippen molar-refractivity contribution in [3.05, 3.63) is 243 Å². The third kappa shape index (κ3) is 5.96. The first kappa shape index (κ1) is 35.7. The molecule has 0 saturated heterocycles. The zero-order chi connectivity index (χ0) is 41.0. The molecule has 0 atom stereocenters. The Balaban J connectivity index is 1.09. The highest BCUT2D eigenvalue weighted by Crippen LogP contribution is 2.54. The molecule has 0 aliphatic carbocycles. The van der Waals surface area contributed by atoms with Gasteiger partial charge in [0, 0.05) is 33.6 Å². The summed E-state index contributed by atoms with van der Waals surface area (Å²) in [7, 11) is 0. The summed E-state index contributed by atoms with van der Waals surface area (Å²) in [4.78, 5) is 4.92. The van der Waals surface area contributed by atoms with E-state index >= 15 is 0 Å².